The first kappa shape index (κ1) is 46.9. The molecular weight excluding hydrogens is 887 g/mol. The molecule has 0 unspecified atom stereocenters. The van der Waals surface area contributed by atoms with Gasteiger partial charge in [-0.05, 0) is 111 Å². The molecule has 0 spiro atoms. The number of aliphatic hydroxyl groups excluding tert-OH is 1. The number of hydrogen-bond donors (Lipinski definition) is 6. The minimum absolute atomic E-state index is 0.0585. The number of aromatic amines is 1. The Morgan fingerprint density at radius 1 is 0.853 bits per heavy atom. The molecule has 1 saturated heterocycles. The summed E-state index contributed by atoms with van der Waals surface area (Å²) in [4.78, 5) is 62.3. The van der Waals surface area contributed by atoms with E-state index in [1.54, 1.807) is 65.3 Å². The van der Waals surface area contributed by atoms with Gasteiger partial charge in [0.05, 0.1) is 45.3 Å². The predicted molar refractivity (Wildman–Crippen MR) is 258 cm³/mol. The number of sulfone groups is 1. The molecule has 0 radical (unpaired) electrons. The van der Waals surface area contributed by atoms with Crippen LogP contribution in [0.3, 0.4) is 0 Å². The van der Waals surface area contributed by atoms with E-state index in [0.717, 1.165) is 5.56 Å². The topological polar surface area (TPSA) is 237 Å². The summed E-state index contributed by atoms with van der Waals surface area (Å²) in [5.74, 6) is -0.846. The van der Waals surface area contributed by atoms with Gasteiger partial charge in [0, 0.05) is 84.2 Å². The van der Waals surface area contributed by atoms with Crippen LogP contribution in [0.1, 0.15) is 67.7 Å². The normalized spacial score (nSPS) is 13.7. The molecule has 3 heterocycles. The molecule has 8 rings (SSSR count). The van der Waals surface area contributed by atoms with Crippen molar-refractivity contribution in [2.75, 3.05) is 45.2 Å². The Morgan fingerprint density at radius 2 is 1.53 bits per heavy atom. The molecule has 68 heavy (non-hydrogen) atoms. The monoisotopic (exact) mass is 937 g/mol. The third-order valence-electron chi connectivity index (χ3n) is 12.2. The summed E-state index contributed by atoms with van der Waals surface area (Å²) >= 11 is 0. The van der Waals surface area contributed by atoms with Gasteiger partial charge in [0.2, 0.25) is 15.4 Å². The van der Waals surface area contributed by atoms with Crippen molar-refractivity contribution in [3.8, 4) is 11.5 Å². The van der Waals surface area contributed by atoms with Gasteiger partial charge in [0.1, 0.15) is 11.5 Å². The summed E-state index contributed by atoms with van der Waals surface area (Å²) in [6.45, 7) is 6.88. The number of nitrogens with one attached hydrogen (secondary N) is 3. The number of phenolic OH excluding ortho intramolecular Hbond substituents is 1. The Hall–Kier alpha value is -7.60. The van der Waals surface area contributed by atoms with Crippen LogP contribution in [0.2, 0.25) is 0 Å². The maximum absolute atomic E-state index is 14.3. The van der Waals surface area contributed by atoms with E-state index in [2.05, 4.69) is 20.6 Å². The first-order chi connectivity index (χ1) is 32.4. The van der Waals surface area contributed by atoms with E-state index in [4.69, 9.17) is 10.5 Å². The van der Waals surface area contributed by atoms with Crippen LogP contribution in [0, 0.1) is 6.92 Å². The molecule has 7 N–H and O–H groups in total. The lowest BCUT2D eigenvalue weighted by molar-refractivity contribution is 0.0535. The largest absolute Gasteiger partial charge is 0.506 e. The van der Waals surface area contributed by atoms with Gasteiger partial charge in [0.25, 0.3) is 17.7 Å². The molecular formula is C51H51N7O9S. The number of H-pyrrole nitrogens is 1. The quantitative estimate of drug-likeness (QED) is 0.0735. The van der Waals surface area contributed by atoms with Gasteiger partial charge < -0.3 is 46.1 Å². The number of nitrogens with two attached hydrogens (primary N) is 1. The summed E-state index contributed by atoms with van der Waals surface area (Å²) in [5.41, 5.74) is 9.16. The second kappa shape index (κ2) is 18.9. The zero-order chi connectivity index (χ0) is 48.5. The number of fused-ring (bicyclic) bond motifs is 2. The van der Waals surface area contributed by atoms with Crippen molar-refractivity contribution < 1.29 is 37.8 Å². The average Bonchev–Trinajstić information content (AvgIpc) is 3.33. The number of ether oxygens (including phenoxy) is 1. The molecule has 3 amide bonds. The van der Waals surface area contributed by atoms with E-state index < -0.39 is 27.4 Å². The van der Waals surface area contributed by atoms with Gasteiger partial charge in [-0.2, -0.15) is 0 Å². The fourth-order valence-electron chi connectivity index (χ4n) is 8.60. The van der Waals surface area contributed by atoms with E-state index in [1.165, 1.54) is 55.8 Å². The van der Waals surface area contributed by atoms with Crippen LogP contribution >= 0.6 is 0 Å². The van der Waals surface area contributed by atoms with Gasteiger partial charge in [-0.1, -0.05) is 30.3 Å². The molecule has 17 heteroatoms. The Kier molecular flexibility index (Phi) is 13.1. The van der Waals surface area contributed by atoms with E-state index in [1.807, 2.05) is 32.0 Å². The molecule has 1 aliphatic heterocycles. The van der Waals surface area contributed by atoms with E-state index in [9.17, 15) is 37.8 Å². The number of piperazine rings is 1. The minimum Gasteiger partial charge on any atom is -0.506 e. The smallest absolute Gasteiger partial charge is 0.254 e. The number of primary amides is 1. The summed E-state index contributed by atoms with van der Waals surface area (Å²) in [5, 5.41) is 28.9. The number of pyridine rings is 2. The summed E-state index contributed by atoms with van der Waals surface area (Å²) < 4.78 is 34.0. The summed E-state index contributed by atoms with van der Waals surface area (Å²) in [6.07, 6.45) is 0.934. The summed E-state index contributed by atoms with van der Waals surface area (Å²) in [7, 11) is -2.69. The van der Waals surface area contributed by atoms with Crippen molar-refractivity contribution in [3.63, 3.8) is 0 Å². The van der Waals surface area contributed by atoms with Gasteiger partial charge in [-0.15, -0.1) is 0 Å². The zero-order valence-electron chi connectivity index (χ0n) is 37.9. The summed E-state index contributed by atoms with van der Waals surface area (Å²) in [6, 6.07) is 29.1. The molecule has 1 atom stereocenters. The first-order valence-electron chi connectivity index (χ1n) is 21.9. The average molecular weight is 938 g/mol. The van der Waals surface area contributed by atoms with Crippen LogP contribution in [0.5, 0.6) is 11.5 Å². The number of methoxy groups -OCH3 is 1. The minimum atomic E-state index is -4.22. The fraction of sp³-hybridized carbons (Fsp3) is 0.235. The van der Waals surface area contributed by atoms with Gasteiger partial charge >= 0.3 is 0 Å². The number of aliphatic hydroxyl groups is 1. The number of rotatable bonds is 14. The first-order valence-corrected chi connectivity index (χ1v) is 23.4. The van der Waals surface area contributed by atoms with Gasteiger partial charge in [-0.3, -0.25) is 24.2 Å². The molecule has 1 aliphatic rings. The number of aryl methyl sites for hydroxylation is 1. The SMILES string of the molecule is COc1cccc(Nc2c(C(N)=O)cnc3c(C)cc(S(=O)(=O)c4cccc(C(=O)N5CCN(C(=O)c6cccc(CC(C)(C)NC[C@H](O)c7ccc(O)c8[nH]c(=O)ccc78)c6)CC5)c4)cc23)c1. The van der Waals surface area contributed by atoms with Crippen molar-refractivity contribution >= 4 is 60.7 Å². The third kappa shape index (κ3) is 9.76. The Balaban J connectivity index is 0.923. The number of anilines is 2. The number of carbonyl (C=O) groups is 3. The molecule has 7 aromatic rings. The van der Waals surface area contributed by atoms with Crippen LogP contribution in [0.15, 0.2) is 130 Å². The molecule has 350 valence electrons. The number of nitrogens with zero attached hydrogens (tertiary/aromatic N) is 3. The standard InChI is InChI=1S/C51H51N7O9S/c1-30-22-37(26-40-45(30)53-28-41(48(52)62)46(40)55-34-11-7-12-35(25-34)67-4)68(65,66)36-13-6-10-33(24-36)50(64)58-20-18-57(19-21-58)49(63)32-9-5-8-31(23-32)27-51(2,3)54-29-43(60)38-14-16-42(59)47-39(38)15-17-44(61)56-47/h5-17,22-26,28,43,54,59-60H,18-21,27,29H2,1-4H3,(H2,52,62)(H,53,55)(H,56,61)/t43-/m0/s1. The van der Waals surface area contributed by atoms with E-state index in [-0.39, 0.29) is 88.0 Å². The maximum Gasteiger partial charge on any atom is 0.254 e. The van der Waals surface area contributed by atoms with E-state index in [0.29, 0.717) is 50.8 Å². The number of hydrogen-bond acceptors (Lipinski definition) is 12. The predicted octanol–water partition coefficient (Wildman–Crippen LogP) is 6.02. The van der Waals surface area contributed by atoms with Crippen molar-refractivity contribution in [2.24, 2.45) is 5.73 Å². The third-order valence-corrected chi connectivity index (χ3v) is 13.9. The van der Waals surface area contributed by atoms with Gasteiger partial charge in [-0.25, -0.2) is 8.42 Å². The second-order valence-electron chi connectivity index (χ2n) is 17.5. The van der Waals surface area contributed by atoms with Crippen molar-refractivity contribution in [1.29, 1.82) is 0 Å². The Morgan fingerprint density at radius 3 is 2.22 bits per heavy atom. The fourth-order valence-corrected chi connectivity index (χ4v) is 10.0. The van der Waals surface area contributed by atoms with Crippen LogP contribution in [-0.4, -0.2) is 101 Å². The number of aromatic hydroxyl groups is 1. The number of amides is 3. The zero-order valence-corrected chi connectivity index (χ0v) is 38.7. The van der Waals surface area contributed by atoms with E-state index >= 15 is 0 Å². The lowest BCUT2D eigenvalue weighted by Crippen LogP contribution is -2.50. The molecule has 0 bridgehead atoms. The molecule has 0 saturated carbocycles. The number of β-amino-alcohol motifs (C(OH)–C–C–N with tert-alkyl or cyclic N) is 1. The number of carbonyl (C=O) groups excluding carboxylic acids is 3. The highest BCUT2D eigenvalue weighted by molar-refractivity contribution is 7.91. The number of benzene rings is 5. The molecule has 1 fully saturated rings. The lowest BCUT2D eigenvalue weighted by Gasteiger charge is -2.35. The Bertz CT molecular complexity index is 3290. The second-order valence-corrected chi connectivity index (χ2v) is 19.4. The Labute approximate surface area is 392 Å². The molecule has 0 aliphatic carbocycles. The van der Waals surface area contributed by atoms with Crippen LogP contribution < -0.4 is 26.7 Å². The van der Waals surface area contributed by atoms with Crippen molar-refractivity contribution in [3.05, 3.63) is 159 Å². The molecule has 2 aromatic heterocycles. The highest BCUT2D eigenvalue weighted by atomic mass is 32.2. The van der Waals surface area contributed by atoms with Crippen LogP contribution in [0.4, 0.5) is 11.4 Å². The number of phenols is 1. The number of aromatic nitrogens is 2. The highest BCUT2D eigenvalue weighted by Gasteiger charge is 2.29. The van der Waals surface area contributed by atoms with Crippen LogP contribution in [-0.2, 0) is 16.3 Å². The molecule has 5 aromatic carbocycles. The molecule has 16 nitrogen and oxygen atoms in total. The van der Waals surface area contributed by atoms with Crippen LogP contribution in [0.25, 0.3) is 21.8 Å². The lowest BCUT2D eigenvalue weighted by atomic mass is 9.93. The van der Waals surface area contributed by atoms with Crippen molar-refractivity contribution in [2.45, 2.75) is 48.6 Å². The maximum atomic E-state index is 14.3. The van der Waals surface area contributed by atoms with Crippen molar-refractivity contribution in [1.82, 2.24) is 25.1 Å². The highest BCUT2D eigenvalue weighted by Crippen LogP contribution is 2.35. The van der Waals surface area contributed by atoms with Gasteiger partial charge in [0.15, 0.2) is 0 Å².